The maximum absolute atomic E-state index is 10.2. The average Bonchev–Trinajstić information content (AvgIpc) is 2.73. The zero-order valence-electron chi connectivity index (χ0n) is 9.57. The van der Waals surface area contributed by atoms with Crippen molar-refractivity contribution in [2.24, 2.45) is 0 Å². The van der Waals surface area contributed by atoms with Gasteiger partial charge in [-0.05, 0) is 49.0 Å². The molecule has 1 aliphatic carbocycles. The van der Waals surface area contributed by atoms with Crippen LogP contribution >= 0.6 is 0 Å². The fourth-order valence-corrected chi connectivity index (χ4v) is 2.18. The van der Waals surface area contributed by atoms with Gasteiger partial charge < -0.3 is 0 Å². The smallest absolute Gasteiger partial charge is 0.142 e. The Kier molecular flexibility index (Phi) is 3.35. The third-order valence-corrected chi connectivity index (χ3v) is 2.95. The van der Waals surface area contributed by atoms with Crippen LogP contribution in [-0.2, 0) is 17.6 Å². The van der Waals surface area contributed by atoms with E-state index >= 15 is 0 Å². The molecule has 0 unspecified atom stereocenters. The van der Waals surface area contributed by atoms with Crippen LogP contribution in [0.2, 0.25) is 0 Å². The van der Waals surface area contributed by atoms with Gasteiger partial charge in [0.15, 0.2) is 0 Å². The molecule has 0 amide bonds. The molecular weight excluding hydrogens is 196 g/mol. The van der Waals surface area contributed by atoms with E-state index in [1.807, 2.05) is 13.0 Å². The molecular formula is C15H16O. The maximum Gasteiger partial charge on any atom is 0.142 e. The van der Waals surface area contributed by atoms with E-state index in [9.17, 15) is 4.79 Å². The Hall–Kier alpha value is -1.63. The molecule has 1 nitrogen and oxygen atoms in total. The van der Waals surface area contributed by atoms with Crippen molar-refractivity contribution in [1.29, 1.82) is 0 Å². The monoisotopic (exact) mass is 212 g/mol. The second kappa shape index (κ2) is 4.93. The van der Waals surface area contributed by atoms with Gasteiger partial charge in [0.1, 0.15) is 6.29 Å². The Morgan fingerprint density at radius 1 is 1.25 bits per heavy atom. The lowest BCUT2D eigenvalue weighted by atomic mass is 10.0. The fourth-order valence-electron chi connectivity index (χ4n) is 2.18. The zero-order valence-corrected chi connectivity index (χ0v) is 9.57. The molecule has 0 radical (unpaired) electrons. The number of rotatable bonds is 3. The van der Waals surface area contributed by atoms with Crippen LogP contribution < -0.4 is 0 Å². The topological polar surface area (TPSA) is 17.1 Å². The molecule has 0 saturated heterocycles. The van der Waals surface area contributed by atoms with Gasteiger partial charge in [-0.3, -0.25) is 4.79 Å². The highest BCUT2D eigenvalue weighted by Gasteiger charge is 2.09. The predicted molar refractivity (Wildman–Crippen MR) is 67.3 cm³/mol. The van der Waals surface area contributed by atoms with Gasteiger partial charge in [-0.2, -0.15) is 0 Å². The summed E-state index contributed by atoms with van der Waals surface area (Å²) in [6.45, 7) is 2.01. The van der Waals surface area contributed by atoms with Gasteiger partial charge in [0, 0.05) is 0 Å². The lowest BCUT2D eigenvalue weighted by Gasteiger charge is -2.01. The number of aldehydes is 1. The lowest BCUT2D eigenvalue weighted by Crippen LogP contribution is -1.83. The van der Waals surface area contributed by atoms with E-state index in [1.54, 1.807) is 0 Å². The number of aryl methyl sites for hydroxylation is 2. The molecule has 0 heterocycles. The van der Waals surface area contributed by atoms with Gasteiger partial charge in [-0.15, -0.1) is 0 Å². The number of hydrogen-bond donors (Lipinski definition) is 0. The van der Waals surface area contributed by atoms with E-state index in [1.165, 1.54) is 42.0 Å². The molecule has 0 aliphatic heterocycles. The van der Waals surface area contributed by atoms with Crippen LogP contribution in [0.1, 0.15) is 30.0 Å². The highest BCUT2D eigenvalue weighted by molar-refractivity contribution is 5.67. The fraction of sp³-hybridized carbons (Fsp3) is 0.267. The van der Waals surface area contributed by atoms with Crippen LogP contribution in [0, 0.1) is 0 Å². The van der Waals surface area contributed by atoms with E-state index in [0.717, 1.165) is 11.9 Å². The molecule has 16 heavy (non-hydrogen) atoms. The molecule has 0 spiro atoms. The van der Waals surface area contributed by atoms with E-state index in [4.69, 9.17) is 0 Å². The van der Waals surface area contributed by atoms with Crippen LogP contribution in [0.3, 0.4) is 0 Å². The van der Waals surface area contributed by atoms with Crippen LogP contribution in [0.5, 0.6) is 0 Å². The van der Waals surface area contributed by atoms with E-state index in [0.29, 0.717) is 0 Å². The van der Waals surface area contributed by atoms with Crippen LogP contribution in [-0.4, -0.2) is 6.29 Å². The molecule has 0 fully saturated rings. The molecule has 1 heteroatoms. The Labute approximate surface area is 96.5 Å². The molecule has 1 aromatic rings. The second-order valence-corrected chi connectivity index (χ2v) is 4.27. The number of fused-ring (bicyclic) bond motifs is 1. The quantitative estimate of drug-likeness (QED) is 0.426. The Morgan fingerprint density at radius 2 is 2.06 bits per heavy atom. The molecule has 0 bridgehead atoms. The second-order valence-electron chi connectivity index (χ2n) is 4.27. The highest BCUT2D eigenvalue weighted by Crippen LogP contribution is 2.23. The number of carbonyl (C=O) groups is 1. The van der Waals surface area contributed by atoms with Crippen molar-refractivity contribution in [2.75, 3.05) is 0 Å². The third-order valence-electron chi connectivity index (χ3n) is 2.95. The summed E-state index contributed by atoms with van der Waals surface area (Å²) in [6.07, 6.45) is 9.99. The summed E-state index contributed by atoms with van der Waals surface area (Å²) in [7, 11) is 0. The van der Waals surface area contributed by atoms with Crippen molar-refractivity contribution in [3.8, 4) is 0 Å². The summed E-state index contributed by atoms with van der Waals surface area (Å²) in [4.78, 5) is 10.2. The Balaban J connectivity index is 2.22. The minimum Gasteiger partial charge on any atom is -0.299 e. The molecule has 1 aromatic carbocycles. The van der Waals surface area contributed by atoms with Crippen LogP contribution in [0.15, 0.2) is 35.9 Å². The molecule has 0 saturated carbocycles. The van der Waals surface area contributed by atoms with Crippen LogP contribution in [0.4, 0.5) is 0 Å². The van der Waals surface area contributed by atoms with Crippen molar-refractivity contribution in [3.63, 3.8) is 0 Å². The molecule has 0 aromatic heterocycles. The van der Waals surface area contributed by atoms with E-state index < -0.39 is 0 Å². The van der Waals surface area contributed by atoms with E-state index in [-0.39, 0.29) is 0 Å². The number of benzene rings is 1. The molecule has 2 rings (SSSR count). The standard InChI is InChI=1S/C15H16O/c1-12(4-3-9-16)10-13-7-8-14-5-2-6-15(14)11-13/h3-4,7-11H,2,5-6H2,1H3/b4-3-,12-10+. The molecule has 82 valence electrons. The van der Waals surface area contributed by atoms with Crippen molar-refractivity contribution < 1.29 is 4.79 Å². The lowest BCUT2D eigenvalue weighted by molar-refractivity contribution is -0.104. The van der Waals surface area contributed by atoms with Gasteiger partial charge in [-0.1, -0.05) is 35.9 Å². The summed E-state index contributed by atoms with van der Waals surface area (Å²) in [6, 6.07) is 6.65. The SMILES string of the molecule is CC(/C=C\C=O)=C\c1ccc2c(c1)CCC2. The van der Waals surface area contributed by atoms with Gasteiger partial charge >= 0.3 is 0 Å². The van der Waals surface area contributed by atoms with Gasteiger partial charge in [-0.25, -0.2) is 0 Å². The average molecular weight is 212 g/mol. The first-order valence-electron chi connectivity index (χ1n) is 5.71. The van der Waals surface area contributed by atoms with Gasteiger partial charge in [0.05, 0.1) is 0 Å². The Bertz CT molecular complexity index is 453. The third kappa shape index (κ3) is 2.48. The van der Waals surface area contributed by atoms with Gasteiger partial charge in [0.25, 0.3) is 0 Å². The largest absolute Gasteiger partial charge is 0.299 e. The summed E-state index contributed by atoms with van der Waals surface area (Å²) in [5, 5.41) is 0. The summed E-state index contributed by atoms with van der Waals surface area (Å²) in [5.41, 5.74) is 5.32. The summed E-state index contributed by atoms with van der Waals surface area (Å²) < 4.78 is 0. The van der Waals surface area contributed by atoms with Crippen LogP contribution in [0.25, 0.3) is 6.08 Å². The minimum atomic E-state index is 0.806. The molecule has 0 atom stereocenters. The first-order valence-corrected chi connectivity index (χ1v) is 5.71. The number of allylic oxidation sites excluding steroid dienone is 3. The zero-order chi connectivity index (χ0) is 11.4. The van der Waals surface area contributed by atoms with Gasteiger partial charge in [0.2, 0.25) is 0 Å². The minimum absolute atomic E-state index is 0.806. The van der Waals surface area contributed by atoms with Crippen molar-refractivity contribution in [3.05, 3.63) is 52.6 Å². The Morgan fingerprint density at radius 3 is 2.88 bits per heavy atom. The molecule has 0 N–H and O–H groups in total. The number of hydrogen-bond acceptors (Lipinski definition) is 1. The molecule has 1 aliphatic rings. The first-order chi connectivity index (χ1) is 7.79. The van der Waals surface area contributed by atoms with E-state index in [2.05, 4.69) is 24.3 Å². The maximum atomic E-state index is 10.2. The summed E-state index contributed by atoms with van der Waals surface area (Å²) in [5.74, 6) is 0. The highest BCUT2D eigenvalue weighted by atomic mass is 16.1. The first kappa shape index (κ1) is 10.9. The summed E-state index contributed by atoms with van der Waals surface area (Å²) >= 11 is 0. The van der Waals surface area contributed by atoms with Crippen molar-refractivity contribution in [2.45, 2.75) is 26.2 Å². The normalized spacial score (nSPS) is 15.4. The van der Waals surface area contributed by atoms with Crippen molar-refractivity contribution in [1.82, 2.24) is 0 Å². The van der Waals surface area contributed by atoms with Crippen molar-refractivity contribution >= 4 is 12.4 Å². The number of carbonyl (C=O) groups excluding carboxylic acids is 1. The predicted octanol–water partition coefficient (Wildman–Crippen LogP) is 3.33.